The Morgan fingerprint density at radius 2 is 1.91 bits per heavy atom. The fourth-order valence-corrected chi connectivity index (χ4v) is 3.96. The van der Waals surface area contributed by atoms with Crippen molar-refractivity contribution in [3.05, 3.63) is 98.9 Å². The highest BCUT2D eigenvalue weighted by Crippen LogP contribution is 2.38. The predicted octanol–water partition coefficient (Wildman–Crippen LogP) is 6.23. The van der Waals surface area contributed by atoms with Gasteiger partial charge in [-0.25, -0.2) is 9.18 Å². The summed E-state index contributed by atoms with van der Waals surface area (Å²) in [5, 5.41) is 12.2. The monoisotopic (exact) mass is 452 g/mol. The minimum atomic E-state index is -0.622. The quantitative estimate of drug-likeness (QED) is 0.197. The van der Waals surface area contributed by atoms with Crippen molar-refractivity contribution < 1.29 is 18.8 Å². The molecule has 0 bridgehead atoms. The second-order valence-corrected chi connectivity index (χ2v) is 7.53. The number of carbonyl (C=O) groups excluding carboxylic acids is 1. The largest absolute Gasteiger partial charge is 0.461 e. The fraction of sp³-hybridized carbons (Fsp3) is 0.125. The molecule has 0 aliphatic rings. The molecule has 8 heteroatoms. The topological polar surface area (TPSA) is 74.4 Å². The summed E-state index contributed by atoms with van der Waals surface area (Å²) in [6.07, 6.45) is 0. The van der Waals surface area contributed by atoms with Gasteiger partial charge in [0.25, 0.3) is 5.69 Å². The van der Waals surface area contributed by atoms with Crippen LogP contribution in [0.5, 0.6) is 0 Å². The van der Waals surface area contributed by atoms with Crippen molar-refractivity contribution in [2.24, 2.45) is 0 Å². The van der Waals surface area contributed by atoms with Crippen LogP contribution in [0.25, 0.3) is 22.0 Å². The maximum atomic E-state index is 14.8. The second kappa shape index (κ2) is 8.80. The molecule has 1 aromatic heterocycles. The van der Waals surface area contributed by atoms with Gasteiger partial charge in [0.05, 0.1) is 11.5 Å². The number of nitro benzene ring substituents is 1. The van der Waals surface area contributed by atoms with E-state index in [1.165, 1.54) is 18.2 Å². The average molecular weight is 453 g/mol. The van der Waals surface area contributed by atoms with Crippen molar-refractivity contribution in [2.75, 3.05) is 6.61 Å². The first kappa shape index (κ1) is 21.5. The van der Waals surface area contributed by atoms with Crippen LogP contribution < -0.4 is 0 Å². The minimum Gasteiger partial charge on any atom is -0.461 e. The molecule has 0 N–H and O–H groups in total. The van der Waals surface area contributed by atoms with Crippen LogP contribution >= 0.6 is 11.6 Å². The van der Waals surface area contributed by atoms with E-state index < -0.39 is 16.7 Å². The number of rotatable bonds is 6. The lowest BCUT2D eigenvalue weighted by Crippen LogP contribution is -2.14. The molecule has 0 aliphatic heterocycles. The zero-order valence-electron chi connectivity index (χ0n) is 17.0. The van der Waals surface area contributed by atoms with Crippen molar-refractivity contribution >= 4 is 34.2 Å². The number of fused-ring (bicyclic) bond motifs is 1. The van der Waals surface area contributed by atoms with E-state index in [0.717, 1.165) is 0 Å². The third-order valence-electron chi connectivity index (χ3n) is 5.10. The van der Waals surface area contributed by atoms with Crippen LogP contribution in [-0.2, 0) is 11.3 Å². The molecule has 0 radical (unpaired) electrons. The van der Waals surface area contributed by atoms with Crippen LogP contribution in [-0.4, -0.2) is 22.1 Å². The number of halogens is 2. The highest BCUT2D eigenvalue weighted by molar-refractivity contribution is 6.31. The van der Waals surface area contributed by atoms with E-state index in [0.29, 0.717) is 27.1 Å². The molecule has 1 heterocycles. The van der Waals surface area contributed by atoms with Crippen molar-refractivity contribution in [3.63, 3.8) is 0 Å². The number of esters is 1. The molecular formula is C24H18ClFN2O4. The summed E-state index contributed by atoms with van der Waals surface area (Å²) in [4.78, 5) is 23.8. The number of hydrogen-bond acceptors (Lipinski definition) is 4. The number of non-ortho nitro benzene ring substituents is 1. The third-order valence-corrected chi connectivity index (χ3v) is 5.33. The van der Waals surface area contributed by atoms with E-state index >= 15 is 0 Å². The molecule has 0 saturated carbocycles. The molecule has 162 valence electrons. The van der Waals surface area contributed by atoms with E-state index in [-0.39, 0.29) is 30.1 Å². The van der Waals surface area contributed by atoms with Crippen molar-refractivity contribution in [1.82, 2.24) is 4.57 Å². The van der Waals surface area contributed by atoms with Gasteiger partial charge in [0.15, 0.2) is 0 Å². The van der Waals surface area contributed by atoms with Crippen LogP contribution in [0, 0.1) is 15.9 Å². The number of benzene rings is 3. The van der Waals surface area contributed by atoms with E-state index in [4.69, 9.17) is 16.3 Å². The van der Waals surface area contributed by atoms with Crippen LogP contribution in [0.2, 0.25) is 5.02 Å². The van der Waals surface area contributed by atoms with Gasteiger partial charge >= 0.3 is 5.97 Å². The summed E-state index contributed by atoms with van der Waals surface area (Å²) in [7, 11) is 0. The van der Waals surface area contributed by atoms with Crippen molar-refractivity contribution in [2.45, 2.75) is 13.5 Å². The van der Waals surface area contributed by atoms with Gasteiger partial charge in [-0.3, -0.25) is 10.1 Å². The Hall–Kier alpha value is -3.71. The molecule has 4 aromatic rings. The van der Waals surface area contributed by atoms with Gasteiger partial charge in [-0.2, -0.15) is 0 Å². The Balaban J connectivity index is 2.03. The fourth-order valence-electron chi connectivity index (χ4n) is 3.79. The Morgan fingerprint density at radius 3 is 2.62 bits per heavy atom. The van der Waals surface area contributed by atoms with Gasteiger partial charge < -0.3 is 9.30 Å². The number of nitro groups is 1. The normalized spacial score (nSPS) is 11.0. The van der Waals surface area contributed by atoms with Crippen LogP contribution in [0.4, 0.5) is 10.1 Å². The van der Waals surface area contributed by atoms with E-state index in [1.807, 2.05) is 0 Å². The van der Waals surface area contributed by atoms with Gasteiger partial charge in [0.1, 0.15) is 11.5 Å². The first-order valence-electron chi connectivity index (χ1n) is 9.87. The van der Waals surface area contributed by atoms with Crippen LogP contribution in [0.1, 0.15) is 23.0 Å². The zero-order valence-corrected chi connectivity index (χ0v) is 17.8. The van der Waals surface area contributed by atoms with Gasteiger partial charge in [-0.05, 0) is 36.8 Å². The maximum absolute atomic E-state index is 14.8. The smallest absolute Gasteiger partial charge is 0.355 e. The van der Waals surface area contributed by atoms with Gasteiger partial charge in [-0.1, -0.05) is 41.9 Å². The molecule has 0 atom stereocenters. The number of hydrogen-bond donors (Lipinski definition) is 0. The van der Waals surface area contributed by atoms with E-state index in [1.54, 1.807) is 60.0 Å². The Bertz CT molecular complexity index is 1350. The summed E-state index contributed by atoms with van der Waals surface area (Å²) < 4.78 is 21.8. The molecule has 0 amide bonds. The highest BCUT2D eigenvalue weighted by Gasteiger charge is 2.27. The first-order valence-corrected chi connectivity index (χ1v) is 10.3. The van der Waals surface area contributed by atoms with Gasteiger partial charge in [0.2, 0.25) is 0 Å². The summed E-state index contributed by atoms with van der Waals surface area (Å²) in [5.74, 6) is -1.11. The van der Waals surface area contributed by atoms with Crippen molar-refractivity contribution in [1.29, 1.82) is 0 Å². The molecule has 32 heavy (non-hydrogen) atoms. The Kier molecular flexibility index (Phi) is 5.92. The molecule has 0 spiro atoms. The van der Waals surface area contributed by atoms with Gasteiger partial charge in [-0.15, -0.1) is 0 Å². The van der Waals surface area contributed by atoms with Crippen LogP contribution in [0.15, 0.2) is 66.7 Å². The van der Waals surface area contributed by atoms with E-state index in [2.05, 4.69) is 0 Å². The number of aromatic nitrogens is 1. The zero-order chi connectivity index (χ0) is 22.8. The summed E-state index contributed by atoms with van der Waals surface area (Å²) in [6.45, 7) is 1.96. The van der Waals surface area contributed by atoms with Crippen molar-refractivity contribution in [3.8, 4) is 11.1 Å². The summed E-state index contributed by atoms with van der Waals surface area (Å²) >= 11 is 6.24. The molecule has 0 fully saturated rings. The molecule has 4 rings (SSSR count). The molecule has 0 saturated heterocycles. The second-order valence-electron chi connectivity index (χ2n) is 7.10. The lowest BCUT2D eigenvalue weighted by Gasteiger charge is -2.12. The molecule has 6 nitrogen and oxygen atoms in total. The highest BCUT2D eigenvalue weighted by atomic mass is 35.5. The standard InChI is InChI=1S/C24H18ClFN2O4/c1-2-32-24(29)23-22(18-8-3-4-9-20(18)26)19-13-16(25)10-11-21(19)27(23)14-15-6-5-7-17(12-15)28(30)31/h3-13H,2,14H2,1H3. The molecular weight excluding hydrogens is 435 g/mol. The predicted molar refractivity (Wildman–Crippen MR) is 120 cm³/mol. The molecule has 0 unspecified atom stereocenters. The minimum absolute atomic E-state index is 0.0611. The van der Waals surface area contributed by atoms with Crippen LogP contribution in [0.3, 0.4) is 0 Å². The number of nitrogens with zero attached hydrogens (tertiary/aromatic N) is 2. The average Bonchev–Trinajstić information content (AvgIpc) is 3.07. The van der Waals surface area contributed by atoms with E-state index in [9.17, 15) is 19.3 Å². The lowest BCUT2D eigenvalue weighted by molar-refractivity contribution is -0.384. The molecule has 0 aliphatic carbocycles. The summed E-state index contributed by atoms with van der Waals surface area (Å²) in [5.41, 5.74) is 1.93. The SMILES string of the molecule is CCOC(=O)c1c(-c2ccccc2F)c2cc(Cl)ccc2n1Cc1cccc([N+](=O)[O-])c1. The van der Waals surface area contributed by atoms with Gasteiger partial charge in [0, 0.05) is 45.7 Å². The molecule has 3 aromatic carbocycles. The maximum Gasteiger partial charge on any atom is 0.355 e. The lowest BCUT2D eigenvalue weighted by atomic mass is 10.0. The third kappa shape index (κ3) is 3.94. The first-order chi connectivity index (χ1) is 15.4. The Labute approximate surface area is 188 Å². The number of ether oxygens (including phenoxy) is 1. The Morgan fingerprint density at radius 1 is 1.12 bits per heavy atom. The summed E-state index contributed by atoms with van der Waals surface area (Å²) in [6, 6.07) is 17.4. The number of carbonyl (C=O) groups is 1.